The van der Waals surface area contributed by atoms with Crippen LogP contribution in [0.25, 0.3) is 0 Å². The Morgan fingerprint density at radius 3 is 2.37 bits per heavy atom. The molecule has 1 saturated heterocycles. The highest BCUT2D eigenvalue weighted by Gasteiger charge is 2.21. The molecule has 0 bridgehead atoms. The maximum Gasteiger partial charge on any atom is 0.261 e. The highest BCUT2D eigenvalue weighted by molar-refractivity contribution is 7.92. The van der Waals surface area contributed by atoms with Crippen molar-refractivity contribution in [2.45, 2.75) is 51.0 Å². The fourth-order valence-electron chi connectivity index (χ4n) is 3.74. The van der Waals surface area contributed by atoms with Gasteiger partial charge >= 0.3 is 0 Å². The molecule has 0 aliphatic carbocycles. The molecule has 0 radical (unpaired) electrons. The number of amides is 1. The summed E-state index contributed by atoms with van der Waals surface area (Å²) in [6.45, 7) is 9.10. The monoisotopic (exact) mass is 429 g/mol. The Morgan fingerprint density at radius 2 is 1.73 bits per heavy atom. The van der Waals surface area contributed by atoms with Crippen molar-refractivity contribution in [2.24, 2.45) is 0 Å². The number of carbonyl (C=O) groups excluding carboxylic acids is 1. The van der Waals surface area contributed by atoms with Gasteiger partial charge < -0.3 is 10.2 Å². The van der Waals surface area contributed by atoms with Crippen LogP contribution in [0, 0.1) is 13.8 Å². The van der Waals surface area contributed by atoms with E-state index in [2.05, 4.69) is 21.9 Å². The Bertz CT molecular complexity index is 979. The highest BCUT2D eigenvalue weighted by Crippen LogP contribution is 2.22. The van der Waals surface area contributed by atoms with Crippen LogP contribution in [0.4, 0.5) is 5.69 Å². The van der Waals surface area contributed by atoms with Crippen LogP contribution >= 0.6 is 0 Å². The standard InChI is InChI=1S/C23H31N3O3S/c1-4-14-26-15-12-20(13-16-26)24-23(27)19-8-10-21(11-9-19)30(28,29)25-22-7-5-6-17(2)18(22)3/h5-11,20,25H,4,12-16H2,1-3H3,(H,24,27). The average Bonchev–Trinajstić information content (AvgIpc) is 2.73. The lowest BCUT2D eigenvalue weighted by atomic mass is 10.0. The number of hydrogen-bond donors (Lipinski definition) is 2. The van der Waals surface area contributed by atoms with E-state index in [0.717, 1.165) is 50.0 Å². The molecule has 1 aliphatic heterocycles. The Kier molecular flexibility index (Phi) is 7.15. The number of carbonyl (C=O) groups is 1. The molecule has 1 amide bonds. The molecular weight excluding hydrogens is 398 g/mol. The van der Waals surface area contributed by atoms with Gasteiger partial charge in [-0.3, -0.25) is 9.52 Å². The molecule has 2 aromatic rings. The number of anilines is 1. The van der Waals surface area contributed by atoms with E-state index in [0.29, 0.717) is 11.3 Å². The first-order valence-electron chi connectivity index (χ1n) is 10.5. The van der Waals surface area contributed by atoms with Crippen molar-refractivity contribution in [1.82, 2.24) is 10.2 Å². The first kappa shape index (κ1) is 22.3. The third-order valence-corrected chi connectivity index (χ3v) is 7.12. The number of sulfonamides is 1. The molecule has 2 N–H and O–H groups in total. The highest BCUT2D eigenvalue weighted by atomic mass is 32.2. The van der Waals surface area contributed by atoms with E-state index in [-0.39, 0.29) is 16.8 Å². The minimum atomic E-state index is -3.72. The van der Waals surface area contributed by atoms with Crippen molar-refractivity contribution in [3.63, 3.8) is 0 Å². The summed E-state index contributed by atoms with van der Waals surface area (Å²) < 4.78 is 28.1. The van der Waals surface area contributed by atoms with E-state index >= 15 is 0 Å². The predicted molar refractivity (Wildman–Crippen MR) is 120 cm³/mol. The molecule has 1 heterocycles. The Hall–Kier alpha value is -2.38. The van der Waals surface area contributed by atoms with Crippen molar-refractivity contribution in [1.29, 1.82) is 0 Å². The number of aryl methyl sites for hydroxylation is 1. The van der Waals surface area contributed by atoms with E-state index < -0.39 is 10.0 Å². The van der Waals surface area contributed by atoms with Crippen LogP contribution < -0.4 is 10.0 Å². The minimum Gasteiger partial charge on any atom is -0.349 e. The molecule has 7 heteroatoms. The fraction of sp³-hybridized carbons (Fsp3) is 0.435. The van der Waals surface area contributed by atoms with Crippen LogP contribution in [0.15, 0.2) is 47.4 Å². The summed E-state index contributed by atoms with van der Waals surface area (Å²) >= 11 is 0. The molecule has 2 aromatic carbocycles. The zero-order chi connectivity index (χ0) is 21.7. The van der Waals surface area contributed by atoms with Crippen LogP contribution in [0.2, 0.25) is 0 Å². The average molecular weight is 430 g/mol. The Balaban J connectivity index is 1.62. The molecule has 1 fully saturated rings. The van der Waals surface area contributed by atoms with Crippen LogP contribution in [-0.2, 0) is 10.0 Å². The van der Waals surface area contributed by atoms with Crippen molar-refractivity contribution < 1.29 is 13.2 Å². The van der Waals surface area contributed by atoms with Gasteiger partial charge in [0.15, 0.2) is 0 Å². The van der Waals surface area contributed by atoms with E-state index in [1.807, 2.05) is 26.0 Å². The summed E-state index contributed by atoms with van der Waals surface area (Å²) in [7, 11) is -3.72. The van der Waals surface area contributed by atoms with Gasteiger partial charge in [0, 0.05) is 24.7 Å². The smallest absolute Gasteiger partial charge is 0.261 e. The molecule has 0 atom stereocenters. The van der Waals surface area contributed by atoms with Gasteiger partial charge in [-0.05, 0) is 81.1 Å². The largest absolute Gasteiger partial charge is 0.349 e. The normalized spacial score (nSPS) is 15.7. The molecule has 6 nitrogen and oxygen atoms in total. The number of nitrogens with one attached hydrogen (secondary N) is 2. The number of piperidine rings is 1. The summed E-state index contributed by atoms with van der Waals surface area (Å²) in [6.07, 6.45) is 3.03. The second-order valence-corrected chi connectivity index (χ2v) is 9.65. The number of benzene rings is 2. The molecular formula is C23H31N3O3S. The first-order valence-corrected chi connectivity index (χ1v) is 12.0. The zero-order valence-corrected chi connectivity index (χ0v) is 18.8. The Morgan fingerprint density at radius 1 is 1.07 bits per heavy atom. The van der Waals surface area contributed by atoms with Crippen LogP contribution in [0.1, 0.15) is 47.7 Å². The summed E-state index contributed by atoms with van der Waals surface area (Å²) in [6, 6.07) is 11.8. The number of rotatable bonds is 7. The molecule has 1 aliphatic rings. The van der Waals surface area contributed by atoms with Gasteiger partial charge in [0.05, 0.1) is 10.6 Å². The van der Waals surface area contributed by atoms with Crippen LogP contribution in [0.3, 0.4) is 0 Å². The third kappa shape index (κ3) is 5.40. The predicted octanol–water partition coefficient (Wildman–Crippen LogP) is 3.71. The van der Waals surface area contributed by atoms with Gasteiger partial charge in [-0.2, -0.15) is 0 Å². The summed E-state index contributed by atoms with van der Waals surface area (Å²) in [5, 5.41) is 3.08. The van der Waals surface area contributed by atoms with Gasteiger partial charge in [-0.1, -0.05) is 19.1 Å². The van der Waals surface area contributed by atoms with Gasteiger partial charge in [0.25, 0.3) is 15.9 Å². The first-order chi connectivity index (χ1) is 14.3. The molecule has 0 unspecified atom stereocenters. The minimum absolute atomic E-state index is 0.132. The van der Waals surface area contributed by atoms with Crippen LogP contribution in [-0.4, -0.2) is 44.9 Å². The van der Waals surface area contributed by atoms with E-state index in [1.54, 1.807) is 18.2 Å². The molecule has 30 heavy (non-hydrogen) atoms. The number of hydrogen-bond acceptors (Lipinski definition) is 4. The quantitative estimate of drug-likeness (QED) is 0.703. The summed E-state index contributed by atoms with van der Waals surface area (Å²) in [4.78, 5) is 15.1. The zero-order valence-electron chi connectivity index (χ0n) is 17.9. The topological polar surface area (TPSA) is 78.5 Å². The van der Waals surface area contributed by atoms with Gasteiger partial charge in [0.1, 0.15) is 0 Å². The van der Waals surface area contributed by atoms with Gasteiger partial charge in [-0.15, -0.1) is 0 Å². The van der Waals surface area contributed by atoms with E-state index in [4.69, 9.17) is 0 Å². The van der Waals surface area contributed by atoms with E-state index in [9.17, 15) is 13.2 Å². The summed E-state index contributed by atoms with van der Waals surface area (Å²) in [5.41, 5.74) is 2.94. The molecule has 0 spiro atoms. The third-order valence-electron chi connectivity index (χ3n) is 5.74. The van der Waals surface area contributed by atoms with Gasteiger partial charge in [-0.25, -0.2) is 8.42 Å². The molecule has 162 valence electrons. The second kappa shape index (κ2) is 9.62. The van der Waals surface area contributed by atoms with Crippen molar-refractivity contribution in [3.8, 4) is 0 Å². The maximum absolute atomic E-state index is 12.7. The van der Waals surface area contributed by atoms with E-state index in [1.165, 1.54) is 12.1 Å². The molecule has 0 aromatic heterocycles. The molecule has 3 rings (SSSR count). The molecule has 0 saturated carbocycles. The lowest BCUT2D eigenvalue weighted by Crippen LogP contribution is -2.44. The summed E-state index contributed by atoms with van der Waals surface area (Å²) in [5.74, 6) is -0.157. The maximum atomic E-state index is 12.7. The lowest BCUT2D eigenvalue weighted by molar-refractivity contribution is 0.0911. The SMILES string of the molecule is CCCN1CCC(NC(=O)c2ccc(S(=O)(=O)Nc3cccc(C)c3C)cc2)CC1. The van der Waals surface area contributed by atoms with Crippen molar-refractivity contribution >= 4 is 21.6 Å². The lowest BCUT2D eigenvalue weighted by Gasteiger charge is -2.32. The number of likely N-dealkylation sites (tertiary alicyclic amines) is 1. The second-order valence-electron chi connectivity index (χ2n) is 7.97. The van der Waals surface area contributed by atoms with Gasteiger partial charge in [0.2, 0.25) is 0 Å². The van der Waals surface area contributed by atoms with Crippen molar-refractivity contribution in [3.05, 3.63) is 59.2 Å². The fourth-order valence-corrected chi connectivity index (χ4v) is 4.86. The Labute approximate surface area is 179 Å². The number of nitrogens with zero attached hydrogens (tertiary/aromatic N) is 1. The van der Waals surface area contributed by atoms with Crippen LogP contribution in [0.5, 0.6) is 0 Å². The van der Waals surface area contributed by atoms with Crippen molar-refractivity contribution in [2.75, 3.05) is 24.4 Å².